The molecule has 2 heterocycles. The Morgan fingerprint density at radius 2 is 1.97 bits per heavy atom. The second-order valence-electron chi connectivity index (χ2n) is 9.32. The summed E-state index contributed by atoms with van der Waals surface area (Å²) in [5.74, 6) is 5.09. The summed E-state index contributed by atoms with van der Waals surface area (Å²) in [5.41, 5.74) is 1.21. The number of halogens is 3. The van der Waals surface area contributed by atoms with Crippen LogP contribution in [0.4, 0.5) is 8.78 Å². The molecule has 1 saturated heterocycles. The lowest BCUT2D eigenvalue weighted by atomic mass is 9.74. The molecular formula is C28H29ClF2N2O3. The van der Waals surface area contributed by atoms with Crippen molar-refractivity contribution in [1.82, 2.24) is 9.88 Å². The topological polar surface area (TPSA) is 65.8 Å². The van der Waals surface area contributed by atoms with Crippen LogP contribution in [0.3, 0.4) is 0 Å². The quantitative estimate of drug-likeness (QED) is 0.429. The summed E-state index contributed by atoms with van der Waals surface area (Å²) in [5, 5.41) is 22.5. The van der Waals surface area contributed by atoms with Gasteiger partial charge in [-0.15, -0.1) is 0 Å². The summed E-state index contributed by atoms with van der Waals surface area (Å²) < 4.78 is 32.1. The van der Waals surface area contributed by atoms with E-state index < -0.39 is 17.7 Å². The fourth-order valence-corrected chi connectivity index (χ4v) is 5.01. The molecule has 0 bridgehead atoms. The summed E-state index contributed by atoms with van der Waals surface area (Å²) in [6.45, 7) is 1.95. The molecule has 1 aromatic heterocycles. The van der Waals surface area contributed by atoms with Crippen LogP contribution in [0.15, 0.2) is 42.6 Å². The van der Waals surface area contributed by atoms with Crippen LogP contribution in [0, 0.1) is 28.9 Å². The molecule has 1 atom stereocenters. The highest BCUT2D eigenvalue weighted by Crippen LogP contribution is 2.40. The first-order valence-electron chi connectivity index (χ1n) is 11.9. The third-order valence-corrected chi connectivity index (χ3v) is 7.36. The molecule has 0 unspecified atom stereocenters. The van der Waals surface area contributed by atoms with E-state index in [1.165, 1.54) is 12.1 Å². The van der Waals surface area contributed by atoms with E-state index in [0.29, 0.717) is 35.7 Å². The predicted molar refractivity (Wildman–Crippen MR) is 136 cm³/mol. The first-order valence-corrected chi connectivity index (χ1v) is 12.3. The SMILES string of the molecule is COc1ccc2ncc(Cl)c([C@H](O)CCC3(CO)CCN(CC#Cc4ccc(F)cc4F)CC3)c2c1. The fourth-order valence-electron chi connectivity index (χ4n) is 4.73. The number of aliphatic hydroxyl groups is 2. The van der Waals surface area contributed by atoms with Crippen LogP contribution >= 0.6 is 11.6 Å². The number of fused-ring (bicyclic) bond motifs is 1. The Bertz CT molecular complexity index is 1280. The van der Waals surface area contributed by atoms with Gasteiger partial charge in [0.05, 0.1) is 35.9 Å². The van der Waals surface area contributed by atoms with Gasteiger partial charge in [-0.3, -0.25) is 9.88 Å². The van der Waals surface area contributed by atoms with Gasteiger partial charge in [0.25, 0.3) is 0 Å². The Hall–Kier alpha value is -2.76. The van der Waals surface area contributed by atoms with Gasteiger partial charge in [-0.1, -0.05) is 23.4 Å². The summed E-state index contributed by atoms with van der Waals surface area (Å²) in [6.07, 6.45) is 3.32. The average Bonchev–Trinajstić information content (AvgIpc) is 2.89. The Morgan fingerprint density at radius 3 is 2.67 bits per heavy atom. The van der Waals surface area contributed by atoms with Crippen LogP contribution in [0.5, 0.6) is 5.75 Å². The molecule has 0 spiro atoms. The van der Waals surface area contributed by atoms with Crippen molar-refractivity contribution in [1.29, 1.82) is 0 Å². The Morgan fingerprint density at radius 1 is 1.19 bits per heavy atom. The number of rotatable bonds is 7. The monoisotopic (exact) mass is 514 g/mol. The first kappa shape index (κ1) is 26.3. The molecule has 1 aliphatic rings. The van der Waals surface area contributed by atoms with Crippen molar-refractivity contribution in [2.24, 2.45) is 5.41 Å². The van der Waals surface area contributed by atoms with Crippen LogP contribution in [0.1, 0.15) is 42.9 Å². The molecule has 0 radical (unpaired) electrons. The largest absolute Gasteiger partial charge is 0.497 e. The maximum Gasteiger partial charge on any atom is 0.141 e. The normalized spacial score (nSPS) is 16.4. The fraction of sp³-hybridized carbons (Fsp3) is 0.393. The molecule has 36 heavy (non-hydrogen) atoms. The number of piperidine rings is 1. The first-order chi connectivity index (χ1) is 17.3. The molecule has 5 nitrogen and oxygen atoms in total. The smallest absolute Gasteiger partial charge is 0.141 e. The number of likely N-dealkylation sites (tertiary alicyclic amines) is 1. The Labute approximate surface area is 214 Å². The highest BCUT2D eigenvalue weighted by Gasteiger charge is 2.34. The molecule has 2 aromatic carbocycles. The minimum absolute atomic E-state index is 0.0265. The molecule has 2 N–H and O–H groups in total. The molecule has 8 heteroatoms. The lowest BCUT2D eigenvalue weighted by Crippen LogP contribution is -2.42. The summed E-state index contributed by atoms with van der Waals surface area (Å²) in [4.78, 5) is 6.50. The van der Waals surface area contributed by atoms with Gasteiger partial charge < -0.3 is 14.9 Å². The van der Waals surface area contributed by atoms with E-state index in [9.17, 15) is 19.0 Å². The van der Waals surface area contributed by atoms with Gasteiger partial charge in [-0.05, 0) is 74.5 Å². The van der Waals surface area contributed by atoms with Crippen molar-refractivity contribution in [2.45, 2.75) is 31.8 Å². The van der Waals surface area contributed by atoms with Crippen molar-refractivity contribution >= 4 is 22.5 Å². The number of hydrogen-bond donors (Lipinski definition) is 2. The maximum atomic E-state index is 13.8. The molecule has 0 amide bonds. The number of pyridine rings is 1. The minimum atomic E-state index is -0.812. The number of methoxy groups -OCH3 is 1. The Balaban J connectivity index is 1.38. The van der Waals surface area contributed by atoms with E-state index in [1.54, 1.807) is 13.3 Å². The van der Waals surface area contributed by atoms with Gasteiger partial charge in [0.2, 0.25) is 0 Å². The van der Waals surface area contributed by atoms with E-state index in [0.717, 1.165) is 42.9 Å². The summed E-state index contributed by atoms with van der Waals surface area (Å²) in [7, 11) is 1.58. The zero-order valence-electron chi connectivity index (χ0n) is 20.1. The number of aromatic nitrogens is 1. The van der Waals surface area contributed by atoms with Crippen molar-refractivity contribution in [2.75, 3.05) is 33.4 Å². The van der Waals surface area contributed by atoms with Crippen LogP contribution in [0.2, 0.25) is 5.02 Å². The molecule has 0 aliphatic carbocycles. The minimum Gasteiger partial charge on any atom is -0.497 e. The standard InChI is InChI=1S/C28H29ClF2N2O3/c1-36-21-6-7-25-22(16-21)27(23(29)17-32-25)26(35)8-9-28(18-34)10-13-33(14-11-28)12-2-3-19-4-5-20(30)15-24(19)31/h4-7,15-17,26,34-35H,8-14,18H2,1H3/t26-/m1/s1. The van der Waals surface area contributed by atoms with Gasteiger partial charge in [0.1, 0.15) is 17.4 Å². The van der Waals surface area contributed by atoms with E-state index in [1.807, 2.05) is 18.2 Å². The van der Waals surface area contributed by atoms with Crippen LogP contribution in [-0.4, -0.2) is 53.4 Å². The highest BCUT2D eigenvalue weighted by atomic mass is 35.5. The second kappa shape index (κ2) is 11.5. The highest BCUT2D eigenvalue weighted by molar-refractivity contribution is 6.32. The van der Waals surface area contributed by atoms with Crippen LogP contribution in [0.25, 0.3) is 10.9 Å². The third kappa shape index (κ3) is 5.96. The third-order valence-electron chi connectivity index (χ3n) is 7.06. The van der Waals surface area contributed by atoms with Gasteiger partial charge >= 0.3 is 0 Å². The number of benzene rings is 2. The lowest BCUT2D eigenvalue weighted by molar-refractivity contribution is 0.0273. The number of nitrogens with zero attached hydrogens (tertiary/aromatic N) is 2. The molecule has 0 saturated carbocycles. The summed E-state index contributed by atoms with van der Waals surface area (Å²) >= 11 is 6.44. The van der Waals surface area contributed by atoms with Gasteiger partial charge in [0, 0.05) is 29.8 Å². The number of ether oxygens (including phenoxy) is 1. The number of aliphatic hydroxyl groups excluding tert-OH is 2. The van der Waals surface area contributed by atoms with E-state index >= 15 is 0 Å². The molecule has 1 fully saturated rings. The second-order valence-corrected chi connectivity index (χ2v) is 9.72. The van der Waals surface area contributed by atoms with Crippen molar-refractivity contribution in [3.05, 3.63) is 70.4 Å². The molecule has 1 aliphatic heterocycles. The van der Waals surface area contributed by atoms with Crippen LogP contribution < -0.4 is 4.74 Å². The van der Waals surface area contributed by atoms with Crippen molar-refractivity contribution in [3.8, 4) is 17.6 Å². The van der Waals surface area contributed by atoms with E-state index in [-0.39, 0.29) is 17.6 Å². The van der Waals surface area contributed by atoms with Gasteiger partial charge in [0.15, 0.2) is 0 Å². The number of hydrogen-bond acceptors (Lipinski definition) is 5. The molecule has 3 aromatic rings. The van der Waals surface area contributed by atoms with Gasteiger partial charge in [-0.2, -0.15) is 0 Å². The van der Waals surface area contributed by atoms with Gasteiger partial charge in [-0.25, -0.2) is 8.78 Å². The molecular weight excluding hydrogens is 486 g/mol. The predicted octanol–water partition coefficient (Wildman–Crippen LogP) is 5.11. The molecule has 190 valence electrons. The average molecular weight is 515 g/mol. The van der Waals surface area contributed by atoms with Crippen molar-refractivity contribution in [3.63, 3.8) is 0 Å². The Kier molecular flexibility index (Phi) is 8.43. The lowest BCUT2D eigenvalue weighted by Gasteiger charge is -2.40. The van der Waals surface area contributed by atoms with Crippen LogP contribution in [-0.2, 0) is 0 Å². The summed E-state index contributed by atoms with van der Waals surface area (Å²) in [6, 6.07) is 8.83. The van der Waals surface area contributed by atoms with Crippen molar-refractivity contribution < 1.29 is 23.7 Å². The molecule has 4 rings (SSSR count). The zero-order valence-corrected chi connectivity index (χ0v) is 20.9. The maximum absolute atomic E-state index is 13.8. The van der Waals surface area contributed by atoms with E-state index in [4.69, 9.17) is 16.3 Å². The van der Waals surface area contributed by atoms with E-state index in [2.05, 4.69) is 21.7 Å². The zero-order chi connectivity index (χ0) is 25.7.